The number of piperazine rings is 1. The molecule has 2 N–H and O–H groups in total. The Morgan fingerprint density at radius 2 is 2.25 bits per heavy atom. The number of ether oxygens (including phenoxy) is 1. The predicted octanol–water partition coefficient (Wildman–Crippen LogP) is 0.0856. The number of methoxy groups -OCH3 is 1. The maximum atomic E-state index is 5.19. The van der Waals surface area contributed by atoms with Crippen molar-refractivity contribution in [2.45, 2.75) is 25.5 Å². The Morgan fingerprint density at radius 1 is 1.50 bits per heavy atom. The van der Waals surface area contributed by atoms with Gasteiger partial charge in [-0.05, 0) is 13.3 Å². The molecule has 1 rings (SSSR count). The van der Waals surface area contributed by atoms with Gasteiger partial charge in [-0.2, -0.15) is 13.5 Å². The van der Waals surface area contributed by atoms with Gasteiger partial charge in [0.05, 0.1) is 6.10 Å². The zero-order valence-corrected chi connectivity index (χ0v) is 8.89. The Kier molecular flexibility index (Phi) is 6.84. The summed E-state index contributed by atoms with van der Waals surface area (Å²) in [5.74, 6) is 0. The number of hydrogen-bond acceptors (Lipinski definition) is 3. The molecule has 0 aromatic heterocycles. The summed E-state index contributed by atoms with van der Waals surface area (Å²) in [7, 11) is 1.76. The van der Waals surface area contributed by atoms with Crippen molar-refractivity contribution in [3.63, 3.8) is 0 Å². The number of nitrogens with one attached hydrogen (secondary N) is 2. The SMILES string of the molecule is COC(C)C[C@H]1CNCCN1.S. The van der Waals surface area contributed by atoms with Crippen molar-refractivity contribution in [1.29, 1.82) is 0 Å². The molecule has 2 atom stereocenters. The highest BCUT2D eigenvalue weighted by molar-refractivity contribution is 7.59. The Morgan fingerprint density at radius 3 is 2.75 bits per heavy atom. The van der Waals surface area contributed by atoms with E-state index in [0.29, 0.717) is 12.1 Å². The smallest absolute Gasteiger partial charge is 0.0558 e. The van der Waals surface area contributed by atoms with Crippen LogP contribution in [0.15, 0.2) is 0 Å². The van der Waals surface area contributed by atoms with Crippen LogP contribution in [0.4, 0.5) is 0 Å². The van der Waals surface area contributed by atoms with E-state index in [1.165, 1.54) is 0 Å². The second-order valence-corrected chi connectivity index (χ2v) is 3.14. The summed E-state index contributed by atoms with van der Waals surface area (Å²) in [6.07, 6.45) is 1.47. The second-order valence-electron chi connectivity index (χ2n) is 3.14. The minimum atomic E-state index is 0. The molecule has 1 heterocycles. The average Bonchev–Trinajstić information content (AvgIpc) is 2.06. The summed E-state index contributed by atoms with van der Waals surface area (Å²) in [6.45, 7) is 5.36. The normalized spacial score (nSPS) is 26.0. The molecular formula is C8H20N2OS. The van der Waals surface area contributed by atoms with E-state index in [9.17, 15) is 0 Å². The standard InChI is InChI=1S/C8H18N2O.H2S/c1-7(11-2)5-8-6-9-3-4-10-8;/h7-10H,3-6H2,1-2H3;1H2/t7?,8-;/m0./s1. The topological polar surface area (TPSA) is 33.3 Å². The molecule has 0 aliphatic carbocycles. The summed E-state index contributed by atoms with van der Waals surface area (Å²) in [5, 5.41) is 6.79. The van der Waals surface area contributed by atoms with Crippen molar-refractivity contribution in [3.8, 4) is 0 Å². The van der Waals surface area contributed by atoms with Gasteiger partial charge < -0.3 is 15.4 Å². The minimum Gasteiger partial charge on any atom is -0.382 e. The van der Waals surface area contributed by atoms with E-state index in [1.807, 2.05) is 0 Å². The molecule has 0 amide bonds. The number of hydrogen-bond donors (Lipinski definition) is 2. The van der Waals surface area contributed by atoms with Crippen LogP contribution in [0.3, 0.4) is 0 Å². The van der Waals surface area contributed by atoms with Crippen molar-refractivity contribution < 1.29 is 4.74 Å². The zero-order valence-electron chi connectivity index (χ0n) is 7.89. The zero-order chi connectivity index (χ0) is 8.10. The van der Waals surface area contributed by atoms with Crippen LogP contribution in [0.25, 0.3) is 0 Å². The van der Waals surface area contributed by atoms with Gasteiger partial charge in [-0.1, -0.05) is 0 Å². The Bertz CT molecular complexity index is 107. The van der Waals surface area contributed by atoms with Gasteiger partial charge in [-0.15, -0.1) is 0 Å². The van der Waals surface area contributed by atoms with Crippen LogP contribution < -0.4 is 10.6 Å². The third kappa shape index (κ3) is 4.30. The summed E-state index contributed by atoms with van der Waals surface area (Å²) in [6, 6.07) is 0.596. The lowest BCUT2D eigenvalue weighted by Gasteiger charge is -2.26. The van der Waals surface area contributed by atoms with E-state index >= 15 is 0 Å². The van der Waals surface area contributed by atoms with Gasteiger partial charge in [0, 0.05) is 32.8 Å². The molecule has 12 heavy (non-hydrogen) atoms. The highest BCUT2D eigenvalue weighted by Crippen LogP contribution is 2.01. The van der Waals surface area contributed by atoms with E-state index in [4.69, 9.17) is 4.74 Å². The first-order valence-electron chi connectivity index (χ1n) is 4.30. The fourth-order valence-corrected chi connectivity index (χ4v) is 1.38. The van der Waals surface area contributed by atoms with E-state index in [0.717, 1.165) is 26.1 Å². The molecule has 0 aromatic rings. The molecule has 1 saturated heterocycles. The summed E-state index contributed by atoms with van der Waals surface area (Å²) < 4.78 is 5.19. The first-order valence-corrected chi connectivity index (χ1v) is 4.30. The van der Waals surface area contributed by atoms with E-state index in [-0.39, 0.29) is 13.5 Å². The summed E-state index contributed by atoms with van der Waals surface area (Å²) in [4.78, 5) is 0. The highest BCUT2D eigenvalue weighted by Gasteiger charge is 2.14. The monoisotopic (exact) mass is 192 g/mol. The van der Waals surface area contributed by atoms with Crippen LogP contribution in [0, 0.1) is 0 Å². The van der Waals surface area contributed by atoms with Crippen molar-refractivity contribution >= 4 is 13.5 Å². The molecule has 74 valence electrons. The van der Waals surface area contributed by atoms with E-state index < -0.39 is 0 Å². The second kappa shape index (κ2) is 6.71. The van der Waals surface area contributed by atoms with Gasteiger partial charge in [0.15, 0.2) is 0 Å². The van der Waals surface area contributed by atoms with Gasteiger partial charge in [-0.3, -0.25) is 0 Å². The first kappa shape index (κ1) is 12.2. The molecule has 1 fully saturated rings. The molecule has 0 aromatic carbocycles. The van der Waals surface area contributed by atoms with E-state index in [1.54, 1.807) is 7.11 Å². The van der Waals surface area contributed by atoms with Crippen LogP contribution in [-0.4, -0.2) is 38.9 Å². The molecular weight excluding hydrogens is 172 g/mol. The van der Waals surface area contributed by atoms with Crippen LogP contribution in [0.1, 0.15) is 13.3 Å². The summed E-state index contributed by atoms with van der Waals surface area (Å²) >= 11 is 0. The summed E-state index contributed by atoms with van der Waals surface area (Å²) in [5.41, 5.74) is 0. The molecule has 4 heteroatoms. The maximum absolute atomic E-state index is 5.19. The highest BCUT2D eigenvalue weighted by atomic mass is 32.1. The van der Waals surface area contributed by atoms with Crippen molar-refractivity contribution in [1.82, 2.24) is 10.6 Å². The molecule has 0 bridgehead atoms. The Hall–Kier alpha value is 0.230. The molecule has 1 aliphatic rings. The molecule has 0 radical (unpaired) electrons. The first-order chi connectivity index (χ1) is 5.33. The lowest BCUT2D eigenvalue weighted by atomic mass is 10.1. The molecule has 0 saturated carbocycles. The van der Waals surface area contributed by atoms with Crippen LogP contribution in [0.5, 0.6) is 0 Å². The molecule has 1 aliphatic heterocycles. The molecule has 3 nitrogen and oxygen atoms in total. The Balaban J connectivity index is 0.00000121. The van der Waals surface area contributed by atoms with Gasteiger partial charge in [0.2, 0.25) is 0 Å². The minimum absolute atomic E-state index is 0. The fraction of sp³-hybridized carbons (Fsp3) is 1.00. The average molecular weight is 192 g/mol. The van der Waals surface area contributed by atoms with Gasteiger partial charge in [0.1, 0.15) is 0 Å². The quantitative estimate of drug-likeness (QED) is 0.665. The van der Waals surface area contributed by atoms with Crippen molar-refractivity contribution in [3.05, 3.63) is 0 Å². The number of rotatable bonds is 3. The van der Waals surface area contributed by atoms with Gasteiger partial charge >= 0.3 is 0 Å². The lowest BCUT2D eigenvalue weighted by molar-refractivity contribution is 0.0984. The molecule has 0 spiro atoms. The van der Waals surface area contributed by atoms with Gasteiger partial charge in [0.25, 0.3) is 0 Å². The fourth-order valence-electron chi connectivity index (χ4n) is 1.38. The lowest BCUT2D eigenvalue weighted by Crippen LogP contribution is -2.49. The largest absolute Gasteiger partial charge is 0.382 e. The third-order valence-electron chi connectivity index (χ3n) is 2.14. The molecule has 1 unspecified atom stereocenters. The predicted molar refractivity (Wildman–Crippen MR) is 56.1 cm³/mol. The maximum Gasteiger partial charge on any atom is 0.0558 e. The third-order valence-corrected chi connectivity index (χ3v) is 2.14. The van der Waals surface area contributed by atoms with Crippen LogP contribution in [-0.2, 0) is 4.74 Å². The van der Waals surface area contributed by atoms with Crippen LogP contribution in [0.2, 0.25) is 0 Å². The van der Waals surface area contributed by atoms with E-state index in [2.05, 4.69) is 17.6 Å². The van der Waals surface area contributed by atoms with Crippen molar-refractivity contribution in [2.24, 2.45) is 0 Å². The van der Waals surface area contributed by atoms with Gasteiger partial charge in [-0.25, -0.2) is 0 Å². The van der Waals surface area contributed by atoms with Crippen molar-refractivity contribution in [2.75, 3.05) is 26.7 Å². The Labute approximate surface area is 81.7 Å². The van der Waals surface area contributed by atoms with Crippen LogP contribution >= 0.6 is 13.5 Å².